The first kappa shape index (κ1) is 23.4. The van der Waals surface area contributed by atoms with Crippen LogP contribution in [0.2, 0.25) is 0 Å². The molecular weight excluding hydrogens is 427 g/mol. The van der Waals surface area contributed by atoms with Crippen molar-refractivity contribution in [3.8, 4) is 22.3 Å². The van der Waals surface area contributed by atoms with Crippen LogP contribution in [0.4, 0.5) is 0 Å². The molecule has 0 radical (unpaired) electrons. The summed E-state index contributed by atoms with van der Waals surface area (Å²) in [5.41, 5.74) is 4.35. The Morgan fingerprint density at radius 3 is 1.54 bits per heavy atom. The summed E-state index contributed by atoms with van der Waals surface area (Å²) >= 11 is 0. The Hall–Kier alpha value is -3.40. The van der Waals surface area contributed by atoms with Crippen LogP contribution in [0.15, 0.2) is 103 Å². The van der Waals surface area contributed by atoms with Crippen molar-refractivity contribution in [2.45, 2.75) is 38.9 Å². The van der Waals surface area contributed by atoms with Gasteiger partial charge in [0.1, 0.15) is 0 Å². The SMILES string of the molecule is CC(C)(O)C(C)(C)OBc1ccc2c(-c3ccccc3)c3ccccc3c(-c3ccccc3)c2c1. The number of rotatable bonds is 6. The summed E-state index contributed by atoms with van der Waals surface area (Å²) in [4.78, 5) is 0. The van der Waals surface area contributed by atoms with Gasteiger partial charge < -0.3 is 9.76 Å². The van der Waals surface area contributed by atoms with Crippen molar-refractivity contribution in [3.05, 3.63) is 103 Å². The molecule has 0 aliphatic heterocycles. The predicted molar refractivity (Wildman–Crippen MR) is 151 cm³/mol. The Morgan fingerprint density at radius 1 is 0.571 bits per heavy atom. The molecule has 0 aromatic heterocycles. The van der Waals surface area contributed by atoms with Crippen molar-refractivity contribution in [2.24, 2.45) is 0 Å². The van der Waals surface area contributed by atoms with E-state index in [9.17, 15) is 5.11 Å². The van der Waals surface area contributed by atoms with Gasteiger partial charge in [0.25, 0.3) is 0 Å². The summed E-state index contributed by atoms with van der Waals surface area (Å²) in [6, 6.07) is 36.6. The quantitative estimate of drug-likeness (QED) is 0.222. The van der Waals surface area contributed by atoms with Crippen molar-refractivity contribution >= 4 is 34.5 Å². The predicted octanol–water partition coefficient (Wildman–Crippen LogP) is 6.87. The number of benzene rings is 5. The van der Waals surface area contributed by atoms with Crippen LogP contribution in [-0.4, -0.2) is 23.8 Å². The molecule has 0 bridgehead atoms. The van der Waals surface area contributed by atoms with Crippen LogP contribution in [0.1, 0.15) is 27.7 Å². The Bertz CT molecular complexity index is 1480. The summed E-state index contributed by atoms with van der Waals surface area (Å²) in [5.74, 6) is 0. The van der Waals surface area contributed by atoms with E-state index in [-0.39, 0.29) is 0 Å². The molecule has 5 aromatic carbocycles. The molecule has 0 fully saturated rings. The van der Waals surface area contributed by atoms with Gasteiger partial charge in [-0.1, -0.05) is 109 Å². The summed E-state index contributed by atoms with van der Waals surface area (Å²) in [7, 11) is 0.425. The molecule has 1 N–H and O–H groups in total. The second kappa shape index (κ2) is 9.00. The average Bonchev–Trinajstić information content (AvgIpc) is 2.86. The highest BCUT2D eigenvalue weighted by atomic mass is 16.5. The normalized spacial score (nSPS) is 12.3. The Labute approximate surface area is 208 Å². The molecule has 3 heteroatoms. The van der Waals surface area contributed by atoms with Gasteiger partial charge in [-0.15, -0.1) is 0 Å². The third-order valence-electron chi connectivity index (χ3n) is 7.29. The fraction of sp³-hybridized carbons (Fsp3) is 0.188. The fourth-order valence-corrected chi connectivity index (χ4v) is 4.59. The summed E-state index contributed by atoms with van der Waals surface area (Å²) in [5, 5.41) is 15.5. The van der Waals surface area contributed by atoms with E-state index in [1.165, 1.54) is 43.8 Å². The molecule has 2 nitrogen and oxygen atoms in total. The van der Waals surface area contributed by atoms with Crippen molar-refractivity contribution in [2.75, 3.05) is 0 Å². The minimum atomic E-state index is -0.949. The first-order valence-corrected chi connectivity index (χ1v) is 12.2. The van der Waals surface area contributed by atoms with Crippen LogP contribution in [0, 0.1) is 0 Å². The maximum atomic E-state index is 10.5. The lowest BCUT2D eigenvalue weighted by molar-refractivity contribution is -0.0893. The standard InChI is InChI=1S/C32H31BO2/c1-31(2,34)32(3,4)35-33-24-19-20-27-28(21-24)30(23-15-9-6-10-16-23)26-18-12-11-17-25(26)29(27)22-13-7-5-8-14-22/h5-21,33-34H,1-4H3. The van der Waals surface area contributed by atoms with Gasteiger partial charge in [0.2, 0.25) is 0 Å². The average molecular weight is 458 g/mol. The minimum absolute atomic E-state index is 0.425. The van der Waals surface area contributed by atoms with Gasteiger partial charge >= 0.3 is 7.48 Å². The second-order valence-corrected chi connectivity index (χ2v) is 10.3. The lowest BCUT2D eigenvalue weighted by atomic mass is 9.79. The van der Waals surface area contributed by atoms with E-state index in [0.717, 1.165) is 5.46 Å². The molecule has 0 aliphatic carbocycles. The van der Waals surface area contributed by atoms with Gasteiger partial charge in [0, 0.05) is 0 Å². The Morgan fingerprint density at radius 2 is 1.03 bits per heavy atom. The van der Waals surface area contributed by atoms with Gasteiger partial charge in [-0.05, 0) is 71.5 Å². The highest BCUT2D eigenvalue weighted by Crippen LogP contribution is 2.43. The monoisotopic (exact) mass is 458 g/mol. The van der Waals surface area contributed by atoms with Crippen molar-refractivity contribution in [3.63, 3.8) is 0 Å². The number of aliphatic hydroxyl groups is 1. The van der Waals surface area contributed by atoms with Gasteiger partial charge in [0.15, 0.2) is 0 Å². The van der Waals surface area contributed by atoms with Crippen LogP contribution < -0.4 is 5.46 Å². The van der Waals surface area contributed by atoms with E-state index in [4.69, 9.17) is 4.65 Å². The molecule has 5 aromatic rings. The molecule has 0 saturated heterocycles. The summed E-state index contributed by atoms with van der Waals surface area (Å²) in [6.07, 6.45) is 0. The van der Waals surface area contributed by atoms with Crippen LogP contribution in [0.3, 0.4) is 0 Å². The lowest BCUT2D eigenvalue weighted by Gasteiger charge is -2.37. The molecule has 0 spiro atoms. The first-order valence-electron chi connectivity index (χ1n) is 12.2. The molecule has 0 aliphatic rings. The molecule has 0 unspecified atom stereocenters. The third-order valence-corrected chi connectivity index (χ3v) is 7.29. The molecule has 35 heavy (non-hydrogen) atoms. The van der Waals surface area contributed by atoms with Crippen molar-refractivity contribution < 1.29 is 9.76 Å². The second-order valence-electron chi connectivity index (χ2n) is 10.3. The summed E-state index contributed by atoms with van der Waals surface area (Å²) < 4.78 is 6.23. The van der Waals surface area contributed by atoms with E-state index in [1.807, 2.05) is 13.8 Å². The maximum absolute atomic E-state index is 10.5. The van der Waals surface area contributed by atoms with Gasteiger partial charge in [0.05, 0.1) is 11.2 Å². The number of hydrogen-bond acceptors (Lipinski definition) is 2. The number of hydrogen-bond donors (Lipinski definition) is 1. The largest absolute Gasteiger partial charge is 0.427 e. The van der Waals surface area contributed by atoms with E-state index in [1.54, 1.807) is 13.8 Å². The smallest absolute Gasteiger partial charge is 0.309 e. The molecule has 0 heterocycles. The Kier molecular flexibility index (Phi) is 6.00. The highest BCUT2D eigenvalue weighted by Gasteiger charge is 2.35. The van der Waals surface area contributed by atoms with E-state index >= 15 is 0 Å². The Balaban J connectivity index is 1.78. The van der Waals surface area contributed by atoms with Gasteiger partial charge in [-0.2, -0.15) is 0 Å². The first-order chi connectivity index (χ1) is 16.8. The zero-order chi connectivity index (χ0) is 24.6. The fourth-order valence-electron chi connectivity index (χ4n) is 4.59. The minimum Gasteiger partial charge on any atom is -0.427 e. The molecule has 0 atom stereocenters. The maximum Gasteiger partial charge on any atom is 0.309 e. The number of fused-ring (bicyclic) bond motifs is 2. The van der Waals surface area contributed by atoms with E-state index < -0.39 is 11.2 Å². The summed E-state index contributed by atoms with van der Waals surface area (Å²) in [6.45, 7) is 7.45. The molecule has 0 saturated carbocycles. The molecule has 5 rings (SSSR count). The lowest BCUT2D eigenvalue weighted by Crippen LogP contribution is -2.49. The van der Waals surface area contributed by atoms with Gasteiger partial charge in [-0.25, -0.2) is 0 Å². The molecule has 174 valence electrons. The zero-order valence-corrected chi connectivity index (χ0v) is 20.9. The van der Waals surface area contributed by atoms with Crippen LogP contribution in [0.25, 0.3) is 43.8 Å². The zero-order valence-electron chi connectivity index (χ0n) is 20.9. The topological polar surface area (TPSA) is 29.5 Å². The van der Waals surface area contributed by atoms with Crippen LogP contribution >= 0.6 is 0 Å². The molecular formula is C32H31BO2. The van der Waals surface area contributed by atoms with Crippen LogP contribution in [-0.2, 0) is 4.65 Å². The van der Waals surface area contributed by atoms with Crippen LogP contribution in [0.5, 0.6) is 0 Å². The third kappa shape index (κ3) is 4.38. The van der Waals surface area contributed by atoms with Crippen molar-refractivity contribution in [1.29, 1.82) is 0 Å². The highest BCUT2D eigenvalue weighted by molar-refractivity contribution is 6.48. The van der Waals surface area contributed by atoms with Crippen molar-refractivity contribution in [1.82, 2.24) is 0 Å². The van der Waals surface area contributed by atoms with E-state index in [0.29, 0.717) is 7.48 Å². The molecule has 0 amide bonds. The van der Waals surface area contributed by atoms with E-state index in [2.05, 4.69) is 103 Å². The van der Waals surface area contributed by atoms with Gasteiger partial charge in [-0.3, -0.25) is 0 Å².